The molecule has 1 aromatic heterocycles. The van der Waals surface area contributed by atoms with Crippen LogP contribution < -0.4 is 25.8 Å². The largest absolute Gasteiger partial charge is 0.493 e. The quantitative estimate of drug-likeness (QED) is 0.0585. The lowest BCUT2D eigenvalue weighted by molar-refractivity contribution is -0.166. The van der Waals surface area contributed by atoms with E-state index < -0.39 is 47.5 Å². The average molecular weight is 734 g/mol. The van der Waals surface area contributed by atoms with Gasteiger partial charge in [0.1, 0.15) is 17.1 Å². The number of hydrogen-bond donors (Lipinski definition) is 5. The lowest BCUT2D eigenvalue weighted by Gasteiger charge is -2.34. The van der Waals surface area contributed by atoms with Crippen LogP contribution in [0, 0.1) is 29.6 Å². The van der Waals surface area contributed by atoms with Crippen molar-refractivity contribution in [3.8, 4) is 11.5 Å². The highest BCUT2D eigenvalue weighted by molar-refractivity contribution is 5.97. The molecule has 2 amide bonds. The van der Waals surface area contributed by atoms with Crippen molar-refractivity contribution in [1.29, 1.82) is 0 Å². The fourth-order valence-corrected chi connectivity index (χ4v) is 5.70. The van der Waals surface area contributed by atoms with Crippen LogP contribution >= 0.6 is 0 Å². The molecular formula is C37H63N7O8. The molecule has 1 aromatic carbocycles. The van der Waals surface area contributed by atoms with E-state index in [9.17, 15) is 19.5 Å². The number of aromatic nitrogens is 4. The number of tetrazole rings is 1. The molecule has 1 heterocycles. The topological polar surface area (TPSA) is 213 Å². The predicted molar refractivity (Wildman–Crippen MR) is 196 cm³/mol. The number of H-pyrrole nitrogens is 1. The van der Waals surface area contributed by atoms with Crippen molar-refractivity contribution in [2.75, 3.05) is 26.9 Å². The number of aromatic amines is 1. The molecule has 0 aliphatic rings. The molecule has 0 spiro atoms. The van der Waals surface area contributed by atoms with Crippen LogP contribution in [-0.4, -0.2) is 88.3 Å². The number of nitrogens with two attached hydrogens (primary N) is 1. The van der Waals surface area contributed by atoms with Gasteiger partial charge in [-0.05, 0) is 82.8 Å². The molecule has 294 valence electrons. The molecule has 0 saturated carbocycles. The minimum atomic E-state index is -1.19. The summed E-state index contributed by atoms with van der Waals surface area (Å²) in [5.74, 6) is -2.28. The van der Waals surface area contributed by atoms with Crippen LogP contribution in [0.2, 0.25) is 0 Å². The standard InChI is InChI=1S/C37H63N7O8/c1-10-11-16-39-34(46)28(24(4)5)21-30(45)29(36(48)52-37(6,7)8)20-27(23(2)3)33(38)40-35(47)26-15-14-25(51-22-32-41-43-44-42-32)19-31(26)50-18-13-12-17-49-9/h14-15,19,23-24,27-30,33,45H,10-13,16-18,20-22,38H2,1-9H3,(H,39,46)(H,40,47)(H,41,42,43,44)/t27-,28-,29-,30-,33?/m0/s1. The second-order valence-corrected chi connectivity index (χ2v) is 14.9. The Morgan fingerprint density at radius 1 is 0.981 bits per heavy atom. The predicted octanol–water partition coefficient (Wildman–Crippen LogP) is 4.16. The van der Waals surface area contributed by atoms with Crippen LogP contribution in [0.3, 0.4) is 0 Å². The molecule has 2 aromatic rings. The van der Waals surface area contributed by atoms with Gasteiger partial charge in [-0.25, -0.2) is 0 Å². The maximum absolute atomic E-state index is 13.8. The lowest BCUT2D eigenvalue weighted by Crippen LogP contribution is -2.50. The number of carbonyl (C=O) groups excluding carboxylic acids is 3. The Bertz CT molecular complexity index is 1350. The Morgan fingerprint density at radius 2 is 1.69 bits per heavy atom. The fourth-order valence-electron chi connectivity index (χ4n) is 5.70. The maximum Gasteiger partial charge on any atom is 0.312 e. The van der Waals surface area contributed by atoms with Crippen LogP contribution in [0.5, 0.6) is 11.5 Å². The van der Waals surface area contributed by atoms with Gasteiger partial charge in [-0.1, -0.05) is 46.3 Å². The number of carbonyl (C=O) groups is 3. The number of nitrogens with one attached hydrogen (secondary N) is 3. The van der Waals surface area contributed by atoms with E-state index in [1.807, 2.05) is 34.6 Å². The number of rotatable bonds is 24. The molecule has 0 radical (unpaired) electrons. The third kappa shape index (κ3) is 15.4. The van der Waals surface area contributed by atoms with Gasteiger partial charge in [0.05, 0.1) is 30.4 Å². The van der Waals surface area contributed by atoms with Crippen molar-refractivity contribution in [3.63, 3.8) is 0 Å². The molecule has 5 atom stereocenters. The van der Waals surface area contributed by atoms with E-state index in [4.69, 9.17) is 24.7 Å². The zero-order valence-electron chi connectivity index (χ0n) is 32.6. The molecule has 2 rings (SSSR count). The van der Waals surface area contributed by atoms with E-state index in [0.29, 0.717) is 43.5 Å². The average Bonchev–Trinajstić information content (AvgIpc) is 3.59. The first-order chi connectivity index (χ1) is 24.6. The van der Waals surface area contributed by atoms with Gasteiger partial charge in [-0.2, -0.15) is 5.21 Å². The Kier molecular flexibility index (Phi) is 19.0. The van der Waals surface area contributed by atoms with Crippen molar-refractivity contribution in [1.82, 2.24) is 31.3 Å². The molecule has 0 bridgehead atoms. The van der Waals surface area contributed by atoms with Gasteiger partial charge in [0.25, 0.3) is 5.91 Å². The van der Waals surface area contributed by atoms with E-state index in [2.05, 4.69) is 31.3 Å². The highest BCUT2D eigenvalue weighted by Crippen LogP contribution is 2.32. The zero-order chi connectivity index (χ0) is 38.8. The SMILES string of the molecule is CCCCNC(=O)[C@@H](C[C@H](O)[C@H](C[C@@H](C(C)C)C(N)NC(=O)c1ccc(OCc2nn[nH]n2)cc1OCCCCOC)C(=O)OC(C)(C)C)C(C)C. The van der Waals surface area contributed by atoms with Gasteiger partial charge in [0.15, 0.2) is 6.61 Å². The first-order valence-electron chi connectivity index (χ1n) is 18.4. The summed E-state index contributed by atoms with van der Waals surface area (Å²) in [5, 5.41) is 31.2. The number of aliphatic hydroxyl groups excluding tert-OH is 1. The number of unbranched alkanes of at least 4 members (excludes halogenated alkanes) is 2. The third-order valence-electron chi connectivity index (χ3n) is 8.74. The highest BCUT2D eigenvalue weighted by Gasteiger charge is 2.39. The molecule has 52 heavy (non-hydrogen) atoms. The normalized spacial score (nSPS) is 14.7. The number of nitrogens with zero attached hydrogens (tertiary/aromatic N) is 3. The smallest absolute Gasteiger partial charge is 0.312 e. The molecule has 0 fully saturated rings. The van der Waals surface area contributed by atoms with E-state index in [-0.39, 0.29) is 42.8 Å². The van der Waals surface area contributed by atoms with Crippen LogP contribution in [0.1, 0.15) is 110 Å². The van der Waals surface area contributed by atoms with Crippen molar-refractivity contribution in [2.24, 2.45) is 35.3 Å². The Hall–Kier alpha value is -3.82. The summed E-state index contributed by atoms with van der Waals surface area (Å²) in [7, 11) is 1.63. The Balaban J connectivity index is 2.31. The Morgan fingerprint density at radius 3 is 2.29 bits per heavy atom. The van der Waals surface area contributed by atoms with Crippen molar-refractivity contribution in [3.05, 3.63) is 29.6 Å². The van der Waals surface area contributed by atoms with E-state index in [0.717, 1.165) is 19.3 Å². The number of ether oxygens (including phenoxy) is 4. The van der Waals surface area contributed by atoms with Crippen molar-refractivity contribution < 1.29 is 38.4 Å². The molecule has 6 N–H and O–H groups in total. The second-order valence-electron chi connectivity index (χ2n) is 14.9. The van der Waals surface area contributed by atoms with Gasteiger partial charge in [0, 0.05) is 32.2 Å². The minimum Gasteiger partial charge on any atom is -0.493 e. The van der Waals surface area contributed by atoms with Crippen molar-refractivity contribution in [2.45, 2.75) is 118 Å². The van der Waals surface area contributed by atoms with Crippen molar-refractivity contribution >= 4 is 17.8 Å². The summed E-state index contributed by atoms with van der Waals surface area (Å²) < 4.78 is 22.7. The molecule has 0 aliphatic carbocycles. The van der Waals surface area contributed by atoms with Gasteiger partial charge in [-0.3, -0.25) is 14.4 Å². The van der Waals surface area contributed by atoms with Gasteiger partial charge in [-0.15, -0.1) is 10.2 Å². The second kappa shape index (κ2) is 22.3. The van der Waals surface area contributed by atoms with E-state index in [1.54, 1.807) is 46.1 Å². The number of hydrogen-bond acceptors (Lipinski definition) is 12. The summed E-state index contributed by atoms with van der Waals surface area (Å²) in [5.41, 5.74) is 6.14. The molecule has 15 nitrogen and oxygen atoms in total. The number of amides is 2. The third-order valence-corrected chi connectivity index (χ3v) is 8.74. The maximum atomic E-state index is 13.8. The summed E-state index contributed by atoms with van der Waals surface area (Å²) in [6, 6.07) is 4.85. The molecule has 0 aliphatic heterocycles. The van der Waals surface area contributed by atoms with Gasteiger partial charge < -0.3 is 40.4 Å². The van der Waals surface area contributed by atoms with Gasteiger partial charge in [0.2, 0.25) is 11.7 Å². The fraction of sp³-hybridized carbons (Fsp3) is 0.730. The van der Waals surface area contributed by atoms with Crippen LogP contribution in [0.25, 0.3) is 0 Å². The first-order valence-corrected chi connectivity index (χ1v) is 18.4. The summed E-state index contributed by atoms with van der Waals surface area (Å²) in [6.45, 7) is 16.6. The number of benzene rings is 1. The molecule has 15 heteroatoms. The summed E-state index contributed by atoms with van der Waals surface area (Å²) >= 11 is 0. The minimum absolute atomic E-state index is 0.0579. The lowest BCUT2D eigenvalue weighted by atomic mass is 9.78. The molecule has 1 unspecified atom stereocenters. The molecule has 0 saturated heterocycles. The van der Waals surface area contributed by atoms with Crippen LogP contribution in [0.4, 0.5) is 0 Å². The zero-order valence-corrected chi connectivity index (χ0v) is 32.6. The van der Waals surface area contributed by atoms with Crippen LogP contribution in [-0.2, 0) is 25.7 Å². The highest BCUT2D eigenvalue weighted by atomic mass is 16.6. The van der Waals surface area contributed by atoms with Gasteiger partial charge >= 0.3 is 5.97 Å². The number of esters is 1. The number of aliphatic hydroxyl groups is 1. The van der Waals surface area contributed by atoms with E-state index >= 15 is 0 Å². The van der Waals surface area contributed by atoms with E-state index in [1.165, 1.54) is 0 Å². The summed E-state index contributed by atoms with van der Waals surface area (Å²) in [4.78, 5) is 40.6. The first kappa shape index (κ1) is 44.3. The number of methoxy groups -OCH3 is 1. The van der Waals surface area contributed by atoms with Crippen LogP contribution in [0.15, 0.2) is 18.2 Å². The Labute approximate surface area is 308 Å². The molecular weight excluding hydrogens is 670 g/mol. The monoisotopic (exact) mass is 733 g/mol. The summed E-state index contributed by atoms with van der Waals surface area (Å²) in [6.07, 6.45) is 1.34.